The van der Waals surface area contributed by atoms with Crippen LogP contribution >= 0.6 is 27.7 Å². The molecule has 0 spiro atoms. The standard InChI is InChI=1S/C11H11BrFN3S/c1-2-14-11(9-6-15-17-16-9)7-4-3-5-8(12)10(7)13/h3-6,11,14H,2H2,1H3. The summed E-state index contributed by atoms with van der Waals surface area (Å²) in [6, 6.07) is 5.00. The van der Waals surface area contributed by atoms with Crippen LogP contribution in [-0.2, 0) is 0 Å². The SMILES string of the molecule is CCNC(c1cnsn1)c1cccc(Br)c1F. The number of aromatic nitrogens is 2. The summed E-state index contributed by atoms with van der Waals surface area (Å²) in [6.45, 7) is 2.71. The van der Waals surface area contributed by atoms with E-state index < -0.39 is 0 Å². The maximum Gasteiger partial charge on any atom is 0.142 e. The number of halogens is 2. The van der Waals surface area contributed by atoms with Crippen LogP contribution in [0.4, 0.5) is 4.39 Å². The maximum absolute atomic E-state index is 14.0. The van der Waals surface area contributed by atoms with E-state index in [1.807, 2.05) is 13.0 Å². The lowest BCUT2D eigenvalue weighted by Gasteiger charge is -2.16. The van der Waals surface area contributed by atoms with Crippen LogP contribution in [0.2, 0.25) is 0 Å². The third kappa shape index (κ3) is 2.70. The molecule has 0 bridgehead atoms. The Labute approximate surface area is 112 Å². The number of hydrogen-bond acceptors (Lipinski definition) is 4. The second-order valence-electron chi connectivity index (χ2n) is 3.47. The molecule has 0 amide bonds. The zero-order valence-corrected chi connectivity index (χ0v) is 11.6. The molecule has 1 aromatic heterocycles. The highest BCUT2D eigenvalue weighted by molar-refractivity contribution is 9.10. The van der Waals surface area contributed by atoms with Crippen LogP contribution in [0, 0.1) is 5.82 Å². The van der Waals surface area contributed by atoms with Crippen molar-refractivity contribution < 1.29 is 4.39 Å². The van der Waals surface area contributed by atoms with Crippen LogP contribution in [0.25, 0.3) is 0 Å². The maximum atomic E-state index is 14.0. The van der Waals surface area contributed by atoms with Crippen molar-refractivity contribution >= 4 is 27.7 Å². The summed E-state index contributed by atoms with van der Waals surface area (Å²) < 4.78 is 22.6. The van der Waals surface area contributed by atoms with Crippen LogP contribution < -0.4 is 5.32 Å². The molecule has 1 N–H and O–H groups in total. The molecule has 1 aromatic carbocycles. The largest absolute Gasteiger partial charge is 0.305 e. The summed E-state index contributed by atoms with van der Waals surface area (Å²) >= 11 is 4.32. The van der Waals surface area contributed by atoms with E-state index in [1.54, 1.807) is 18.3 Å². The molecule has 1 heterocycles. The van der Waals surface area contributed by atoms with E-state index >= 15 is 0 Å². The molecule has 3 nitrogen and oxygen atoms in total. The molecule has 2 rings (SSSR count). The van der Waals surface area contributed by atoms with E-state index in [0.717, 1.165) is 24.0 Å². The number of nitrogens with one attached hydrogen (secondary N) is 1. The van der Waals surface area contributed by atoms with Crippen molar-refractivity contribution in [3.8, 4) is 0 Å². The van der Waals surface area contributed by atoms with E-state index in [1.165, 1.54) is 0 Å². The highest BCUT2D eigenvalue weighted by atomic mass is 79.9. The molecule has 17 heavy (non-hydrogen) atoms. The lowest BCUT2D eigenvalue weighted by Crippen LogP contribution is -2.23. The normalized spacial score (nSPS) is 12.6. The molecule has 0 aliphatic heterocycles. The van der Waals surface area contributed by atoms with E-state index in [9.17, 15) is 4.39 Å². The quantitative estimate of drug-likeness (QED) is 0.942. The summed E-state index contributed by atoms with van der Waals surface area (Å²) in [5.41, 5.74) is 1.32. The Morgan fingerprint density at radius 2 is 2.35 bits per heavy atom. The van der Waals surface area contributed by atoms with Gasteiger partial charge in [-0.1, -0.05) is 19.1 Å². The van der Waals surface area contributed by atoms with Gasteiger partial charge in [-0.25, -0.2) is 4.39 Å². The molecule has 2 aromatic rings. The fraction of sp³-hybridized carbons (Fsp3) is 0.273. The molecular weight excluding hydrogens is 305 g/mol. The third-order valence-corrected chi connectivity index (χ3v) is 3.48. The van der Waals surface area contributed by atoms with Gasteiger partial charge >= 0.3 is 0 Å². The molecule has 1 atom stereocenters. The minimum Gasteiger partial charge on any atom is -0.305 e. The van der Waals surface area contributed by atoms with Crippen LogP contribution in [0.15, 0.2) is 28.9 Å². The van der Waals surface area contributed by atoms with Crippen LogP contribution in [0.1, 0.15) is 24.2 Å². The second-order valence-corrected chi connectivity index (χ2v) is 4.88. The molecule has 1 unspecified atom stereocenters. The summed E-state index contributed by atoms with van der Waals surface area (Å²) in [5.74, 6) is -0.258. The van der Waals surface area contributed by atoms with Crippen molar-refractivity contribution in [2.75, 3.05) is 6.54 Å². The number of nitrogens with zero attached hydrogens (tertiary/aromatic N) is 2. The first-order chi connectivity index (χ1) is 8.24. The highest BCUT2D eigenvalue weighted by Gasteiger charge is 2.20. The fourth-order valence-electron chi connectivity index (χ4n) is 1.62. The number of benzene rings is 1. The van der Waals surface area contributed by atoms with Gasteiger partial charge in [0.05, 0.1) is 34.1 Å². The van der Waals surface area contributed by atoms with Gasteiger partial charge in [0.2, 0.25) is 0 Å². The third-order valence-electron chi connectivity index (χ3n) is 2.37. The van der Waals surface area contributed by atoms with Gasteiger partial charge in [-0.05, 0) is 28.5 Å². The predicted molar refractivity (Wildman–Crippen MR) is 69.5 cm³/mol. The topological polar surface area (TPSA) is 37.8 Å². The first-order valence-corrected chi connectivity index (χ1v) is 6.71. The van der Waals surface area contributed by atoms with Crippen molar-refractivity contribution in [2.45, 2.75) is 13.0 Å². The molecule has 0 radical (unpaired) electrons. The Morgan fingerprint density at radius 3 is 3.00 bits per heavy atom. The molecule has 0 aliphatic carbocycles. The monoisotopic (exact) mass is 315 g/mol. The Kier molecular flexibility index (Phi) is 4.20. The first-order valence-electron chi connectivity index (χ1n) is 5.18. The smallest absolute Gasteiger partial charge is 0.142 e. The molecule has 6 heteroatoms. The van der Waals surface area contributed by atoms with Gasteiger partial charge in [-0.2, -0.15) is 8.75 Å². The average molecular weight is 316 g/mol. The van der Waals surface area contributed by atoms with Crippen molar-refractivity contribution in [3.63, 3.8) is 0 Å². The van der Waals surface area contributed by atoms with Crippen LogP contribution in [0.3, 0.4) is 0 Å². The Bertz CT molecular complexity index is 489. The van der Waals surface area contributed by atoms with Gasteiger partial charge in [0.25, 0.3) is 0 Å². The Hall–Kier alpha value is -0.850. The van der Waals surface area contributed by atoms with E-state index in [4.69, 9.17) is 0 Å². The van der Waals surface area contributed by atoms with Crippen molar-refractivity contribution in [3.05, 3.63) is 45.9 Å². The molecule has 0 aliphatic rings. The zero-order chi connectivity index (χ0) is 12.3. The number of hydrogen-bond donors (Lipinski definition) is 1. The van der Waals surface area contributed by atoms with Gasteiger partial charge in [0, 0.05) is 5.56 Å². The molecule has 90 valence electrons. The Morgan fingerprint density at radius 1 is 1.53 bits per heavy atom. The van der Waals surface area contributed by atoms with Gasteiger partial charge in [-0.15, -0.1) is 0 Å². The fourth-order valence-corrected chi connectivity index (χ4v) is 2.45. The molecule has 0 saturated carbocycles. The van der Waals surface area contributed by atoms with Crippen LogP contribution in [-0.4, -0.2) is 15.3 Å². The summed E-state index contributed by atoms with van der Waals surface area (Å²) in [4.78, 5) is 0. The predicted octanol–water partition coefficient (Wildman–Crippen LogP) is 3.14. The first kappa shape index (κ1) is 12.6. The van der Waals surface area contributed by atoms with E-state index in [2.05, 4.69) is 30.0 Å². The van der Waals surface area contributed by atoms with Crippen molar-refractivity contribution in [1.29, 1.82) is 0 Å². The van der Waals surface area contributed by atoms with E-state index in [0.29, 0.717) is 10.0 Å². The Balaban J connectivity index is 2.43. The highest BCUT2D eigenvalue weighted by Crippen LogP contribution is 2.27. The van der Waals surface area contributed by atoms with Crippen molar-refractivity contribution in [1.82, 2.24) is 14.1 Å². The second kappa shape index (κ2) is 5.66. The zero-order valence-electron chi connectivity index (χ0n) is 9.15. The molecule has 0 saturated heterocycles. The van der Waals surface area contributed by atoms with Gasteiger partial charge in [0.15, 0.2) is 0 Å². The van der Waals surface area contributed by atoms with Crippen molar-refractivity contribution in [2.24, 2.45) is 0 Å². The number of rotatable bonds is 4. The van der Waals surface area contributed by atoms with Crippen LogP contribution in [0.5, 0.6) is 0 Å². The summed E-state index contributed by atoms with van der Waals surface area (Å²) in [5, 5.41) is 3.21. The molecular formula is C11H11BrFN3S. The van der Waals surface area contributed by atoms with Gasteiger partial charge < -0.3 is 5.32 Å². The summed E-state index contributed by atoms with van der Waals surface area (Å²) in [7, 11) is 0. The average Bonchev–Trinajstić information content (AvgIpc) is 2.84. The van der Waals surface area contributed by atoms with Gasteiger partial charge in [-0.3, -0.25) is 0 Å². The minimum atomic E-state index is -0.258. The summed E-state index contributed by atoms with van der Waals surface area (Å²) in [6.07, 6.45) is 1.67. The van der Waals surface area contributed by atoms with E-state index in [-0.39, 0.29) is 11.9 Å². The lowest BCUT2D eigenvalue weighted by atomic mass is 10.0. The molecule has 0 fully saturated rings. The minimum absolute atomic E-state index is 0.253. The lowest BCUT2D eigenvalue weighted by molar-refractivity contribution is 0.550. The van der Waals surface area contributed by atoms with Gasteiger partial charge in [0.1, 0.15) is 5.82 Å².